The molecule has 0 radical (unpaired) electrons. The average molecular weight is 416 g/mol. The van der Waals surface area contributed by atoms with E-state index in [1.54, 1.807) is 16.8 Å². The number of carbonyl (C=O) groups excluding carboxylic acids is 1. The van der Waals surface area contributed by atoms with Gasteiger partial charge in [0.05, 0.1) is 18.6 Å². The fourth-order valence-electron chi connectivity index (χ4n) is 2.95. The molecule has 0 saturated carbocycles. The predicted octanol–water partition coefficient (Wildman–Crippen LogP) is 5.12. The SMILES string of the molecule is Cc1ccc(-c2nc(OCC(C)C)nn2-c2ccc(NC(=O)c3ccco3)cc2)cc1. The number of aryl methyl sites for hydroxylation is 1. The highest BCUT2D eigenvalue weighted by Crippen LogP contribution is 2.25. The van der Waals surface area contributed by atoms with Crippen LogP contribution in [0.4, 0.5) is 5.69 Å². The second kappa shape index (κ2) is 8.87. The highest BCUT2D eigenvalue weighted by atomic mass is 16.5. The molecule has 4 aromatic rings. The molecule has 1 N–H and O–H groups in total. The standard InChI is InChI=1S/C24H24N4O3/c1-16(2)15-31-24-26-22(18-8-6-17(3)7-9-18)28(27-24)20-12-10-19(11-13-20)25-23(29)21-5-4-14-30-21/h4-14,16H,15H2,1-3H3,(H,25,29). The third kappa shape index (κ3) is 4.83. The second-order valence-electron chi connectivity index (χ2n) is 7.68. The van der Waals surface area contributed by atoms with Crippen LogP contribution in [0.15, 0.2) is 71.3 Å². The molecule has 0 bridgehead atoms. The Morgan fingerprint density at radius 2 is 1.84 bits per heavy atom. The van der Waals surface area contributed by atoms with E-state index in [9.17, 15) is 4.79 Å². The zero-order valence-corrected chi connectivity index (χ0v) is 17.7. The maximum atomic E-state index is 12.2. The van der Waals surface area contributed by atoms with Crippen LogP contribution in [-0.4, -0.2) is 27.3 Å². The molecule has 7 heteroatoms. The van der Waals surface area contributed by atoms with Gasteiger partial charge in [-0.2, -0.15) is 4.98 Å². The molecule has 0 aliphatic heterocycles. The number of anilines is 1. The quantitative estimate of drug-likeness (QED) is 0.452. The van der Waals surface area contributed by atoms with Crippen LogP contribution < -0.4 is 10.1 Å². The normalized spacial score (nSPS) is 11.0. The number of nitrogens with one attached hydrogen (secondary N) is 1. The first kappa shape index (κ1) is 20.4. The molecule has 0 atom stereocenters. The fraction of sp³-hybridized carbons (Fsp3) is 0.208. The number of amides is 1. The van der Waals surface area contributed by atoms with Gasteiger partial charge in [-0.15, -0.1) is 5.10 Å². The zero-order chi connectivity index (χ0) is 21.8. The van der Waals surface area contributed by atoms with E-state index in [1.165, 1.54) is 11.8 Å². The molecule has 0 aliphatic rings. The first-order valence-corrected chi connectivity index (χ1v) is 10.1. The zero-order valence-electron chi connectivity index (χ0n) is 17.7. The molecule has 158 valence electrons. The molecule has 2 aromatic carbocycles. The number of nitrogens with zero attached hydrogens (tertiary/aromatic N) is 3. The molecule has 0 unspecified atom stereocenters. The number of furan rings is 1. The van der Waals surface area contributed by atoms with Gasteiger partial charge in [-0.1, -0.05) is 43.7 Å². The minimum Gasteiger partial charge on any atom is -0.462 e. The van der Waals surface area contributed by atoms with Crippen molar-refractivity contribution in [1.82, 2.24) is 14.8 Å². The molecule has 7 nitrogen and oxygen atoms in total. The van der Waals surface area contributed by atoms with Crippen LogP contribution in [0.2, 0.25) is 0 Å². The molecular formula is C24H24N4O3. The number of aromatic nitrogens is 3. The summed E-state index contributed by atoms with van der Waals surface area (Å²) in [7, 11) is 0. The summed E-state index contributed by atoms with van der Waals surface area (Å²) in [6, 6.07) is 19.1. The van der Waals surface area contributed by atoms with Gasteiger partial charge in [0.25, 0.3) is 5.91 Å². The third-order valence-electron chi connectivity index (χ3n) is 4.56. The van der Waals surface area contributed by atoms with Gasteiger partial charge >= 0.3 is 6.01 Å². The Bertz CT molecular complexity index is 1140. The largest absolute Gasteiger partial charge is 0.462 e. The second-order valence-corrected chi connectivity index (χ2v) is 7.68. The van der Waals surface area contributed by atoms with Crippen LogP contribution >= 0.6 is 0 Å². The van der Waals surface area contributed by atoms with Gasteiger partial charge in [-0.05, 0) is 49.2 Å². The molecule has 0 saturated heterocycles. The van der Waals surface area contributed by atoms with Crippen molar-refractivity contribution < 1.29 is 13.9 Å². The summed E-state index contributed by atoms with van der Waals surface area (Å²) >= 11 is 0. The molecule has 0 aliphatic carbocycles. The molecular weight excluding hydrogens is 392 g/mol. The van der Waals surface area contributed by atoms with Gasteiger partial charge < -0.3 is 14.5 Å². The Morgan fingerprint density at radius 1 is 1.10 bits per heavy atom. The Kier molecular flexibility index (Phi) is 5.84. The van der Waals surface area contributed by atoms with E-state index in [0.29, 0.717) is 30.0 Å². The van der Waals surface area contributed by atoms with Crippen molar-refractivity contribution in [1.29, 1.82) is 0 Å². The molecule has 0 fully saturated rings. The summed E-state index contributed by atoms with van der Waals surface area (Å²) in [6.45, 7) is 6.73. The number of hydrogen-bond acceptors (Lipinski definition) is 5. The Labute approximate surface area is 180 Å². The number of rotatable bonds is 7. The molecule has 1 amide bonds. The molecule has 0 spiro atoms. The lowest BCUT2D eigenvalue weighted by molar-refractivity contribution is 0.0996. The lowest BCUT2D eigenvalue weighted by Gasteiger charge is -2.08. The Hall–Kier alpha value is -3.87. The van der Waals surface area contributed by atoms with E-state index in [2.05, 4.69) is 29.2 Å². The van der Waals surface area contributed by atoms with Crippen molar-refractivity contribution in [3.8, 4) is 23.1 Å². The Balaban J connectivity index is 1.62. The minimum absolute atomic E-state index is 0.258. The van der Waals surface area contributed by atoms with Gasteiger partial charge in [0.2, 0.25) is 0 Å². The van der Waals surface area contributed by atoms with Crippen molar-refractivity contribution in [3.05, 3.63) is 78.3 Å². The molecule has 4 rings (SSSR count). The molecule has 2 aromatic heterocycles. The molecule has 2 heterocycles. The average Bonchev–Trinajstić information content (AvgIpc) is 3.44. The van der Waals surface area contributed by atoms with Crippen molar-refractivity contribution >= 4 is 11.6 Å². The lowest BCUT2D eigenvalue weighted by atomic mass is 10.1. The van der Waals surface area contributed by atoms with E-state index in [-0.39, 0.29) is 11.7 Å². The smallest absolute Gasteiger partial charge is 0.336 e. The van der Waals surface area contributed by atoms with Crippen molar-refractivity contribution in [2.75, 3.05) is 11.9 Å². The maximum absolute atomic E-state index is 12.2. The fourth-order valence-corrected chi connectivity index (χ4v) is 2.95. The summed E-state index contributed by atoms with van der Waals surface area (Å²) in [5, 5.41) is 7.37. The van der Waals surface area contributed by atoms with E-state index >= 15 is 0 Å². The van der Waals surface area contributed by atoms with Crippen LogP contribution in [0.25, 0.3) is 17.1 Å². The Morgan fingerprint density at radius 3 is 2.48 bits per heavy atom. The first-order chi connectivity index (χ1) is 15.0. The van der Waals surface area contributed by atoms with Crippen molar-refractivity contribution in [2.24, 2.45) is 5.92 Å². The predicted molar refractivity (Wildman–Crippen MR) is 119 cm³/mol. The highest BCUT2D eigenvalue weighted by molar-refractivity contribution is 6.02. The maximum Gasteiger partial charge on any atom is 0.336 e. The summed E-state index contributed by atoms with van der Waals surface area (Å²) in [5.41, 5.74) is 3.56. The van der Waals surface area contributed by atoms with E-state index < -0.39 is 0 Å². The van der Waals surface area contributed by atoms with Gasteiger partial charge in [-0.3, -0.25) is 4.79 Å². The monoisotopic (exact) mass is 416 g/mol. The number of hydrogen-bond donors (Lipinski definition) is 1. The van der Waals surface area contributed by atoms with Crippen LogP contribution in [0.5, 0.6) is 6.01 Å². The minimum atomic E-state index is -0.303. The van der Waals surface area contributed by atoms with Crippen LogP contribution in [0.1, 0.15) is 30.0 Å². The van der Waals surface area contributed by atoms with E-state index in [1.807, 2.05) is 55.5 Å². The van der Waals surface area contributed by atoms with Crippen LogP contribution in [0.3, 0.4) is 0 Å². The number of ether oxygens (including phenoxy) is 1. The molecule has 31 heavy (non-hydrogen) atoms. The van der Waals surface area contributed by atoms with Crippen LogP contribution in [0, 0.1) is 12.8 Å². The summed E-state index contributed by atoms with van der Waals surface area (Å²) in [4.78, 5) is 16.8. The van der Waals surface area contributed by atoms with Crippen LogP contribution in [-0.2, 0) is 0 Å². The number of benzene rings is 2. The van der Waals surface area contributed by atoms with E-state index in [0.717, 1.165) is 11.3 Å². The van der Waals surface area contributed by atoms with E-state index in [4.69, 9.17) is 9.15 Å². The summed E-state index contributed by atoms with van der Waals surface area (Å²) < 4.78 is 12.6. The first-order valence-electron chi connectivity index (χ1n) is 10.1. The van der Waals surface area contributed by atoms with Crippen molar-refractivity contribution in [3.63, 3.8) is 0 Å². The lowest BCUT2D eigenvalue weighted by Crippen LogP contribution is -2.10. The topological polar surface area (TPSA) is 82.2 Å². The summed E-state index contributed by atoms with van der Waals surface area (Å²) in [6.07, 6.45) is 1.47. The summed E-state index contributed by atoms with van der Waals surface area (Å²) in [5.74, 6) is 1.01. The van der Waals surface area contributed by atoms with Gasteiger partial charge in [0, 0.05) is 11.3 Å². The highest BCUT2D eigenvalue weighted by Gasteiger charge is 2.16. The van der Waals surface area contributed by atoms with Gasteiger partial charge in [0.15, 0.2) is 11.6 Å². The van der Waals surface area contributed by atoms with Crippen molar-refractivity contribution in [2.45, 2.75) is 20.8 Å². The number of carbonyl (C=O) groups is 1. The van der Waals surface area contributed by atoms with Gasteiger partial charge in [-0.25, -0.2) is 4.68 Å². The third-order valence-corrected chi connectivity index (χ3v) is 4.56. The van der Waals surface area contributed by atoms with Gasteiger partial charge in [0.1, 0.15) is 0 Å².